The summed E-state index contributed by atoms with van der Waals surface area (Å²) in [6, 6.07) is 9.08. The quantitative estimate of drug-likeness (QED) is 0.576. The number of benzene rings is 1. The summed E-state index contributed by atoms with van der Waals surface area (Å²) in [4.78, 5) is 12.0. The first-order valence-electron chi connectivity index (χ1n) is 6.79. The molecule has 0 bridgehead atoms. The molecule has 5 heteroatoms. The number of halogens is 2. The van der Waals surface area contributed by atoms with Crippen molar-refractivity contribution < 1.29 is 14.3 Å². The molecule has 3 nitrogen and oxygen atoms in total. The lowest BCUT2D eigenvalue weighted by Crippen LogP contribution is -2.49. The monoisotopic (exact) mass is 332 g/mol. The Labute approximate surface area is 136 Å². The summed E-state index contributed by atoms with van der Waals surface area (Å²) < 4.78 is 10.8. The molecule has 0 saturated heterocycles. The Bertz CT molecular complexity index is 456. The lowest BCUT2D eigenvalue weighted by Gasteiger charge is -2.39. The third kappa shape index (κ3) is 5.40. The van der Waals surface area contributed by atoms with E-state index in [1.165, 1.54) is 0 Å². The molecule has 1 aromatic rings. The SMILES string of the molecule is CC(C)(C)C(Cl)C(C)(CCl)OC(=O)COc1ccccc1. The molecular weight excluding hydrogens is 311 g/mol. The van der Waals surface area contributed by atoms with Crippen LogP contribution >= 0.6 is 23.2 Å². The smallest absolute Gasteiger partial charge is 0.344 e. The van der Waals surface area contributed by atoms with Crippen molar-refractivity contribution >= 4 is 29.2 Å². The molecule has 0 radical (unpaired) electrons. The second kappa shape index (κ2) is 7.37. The number of hydrogen-bond acceptors (Lipinski definition) is 3. The van der Waals surface area contributed by atoms with Gasteiger partial charge in [0.05, 0.1) is 11.3 Å². The van der Waals surface area contributed by atoms with E-state index in [1.807, 2.05) is 39.0 Å². The summed E-state index contributed by atoms with van der Waals surface area (Å²) >= 11 is 12.4. The molecule has 0 aliphatic heterocycles. The van der Waals surface area contributed by atoms with Crippen LogP contribution in [0.2, 0.25) is 0 Å². The van der Waals surface area contributed by atoms with E-state index in [9.17, 15) is 4.79 Å². The highest BCUT2D eigenvalue weighted by Gasteiger charge is 2.43. The average Bonchev–Trinajstić information content (AvgIpc) is 2.44. The molecule has 2 unspecified atom stereocenters. The van der Waals surface area contributed by atoms with E-state index in [0.29, 0.717) is 5.75 Å². The number of hydrogen-bond donors (Lipinski definition) is 0. The van der Waals surface area contributed by atoms with Crippen LogP contribution in [-0.2, 0) is 9.53 Å². The molecule has 0 spiro atoms. The van der Waals surface area contributed by atoms with Gasteiger partial charge in [-0.15, -0.1) is 23.2 Å². The fraction of sp³-hybridized carbons (Fsp3) is 0.562. The predicted molar refractivity (Wildman–Crippen MR) is 86.3 cm³/mol. The molecule has 1 rings (SSSR count). The maximum absolute atomic E-state index is 12.0. The Hall–Kier alpha value is -0.930. The fourth-order valence-corrected chi connectivity index (χ4v) is 2.42. The van der Waals surface area contributed by atoms with Crippen molar-refractivity contribution in [3.05, 3.63) is 30.3 Å². The van der Waals surface area contributed by atoms with E-state index in [4.69, 9.17) is 32.7 Å². The second-order valence-electron chi connectivity index (χ2n) is 6.25. The Morgan fingerprint density at radius 3 is 2.24 bits per heavy atom. The van der Waals surface area contributed by atoms with E-state index in [0.717, 1.165) is 0 Å². The number of para-hydroxylation sites is 1. The highest BCUT2D eigenvalue weighted by atomic mass is 35.5. The van der Waals surface area contributed by atoms with Crippen LogP contribution in [0.4, 0.5) is 0 Å². The van der Waals surface area contributed by atoms with Crippen LogP contribution in [-0.4, -0.2) is 29.4 Å². The first-order valence-corrected chi connectivity index (χ1v) is 7.76. The van der Waals surface area contributed by atoms with Crippen molar-refractivity contribution in [3.63, 3.8) is 0 Å². The highest BCUT2D eigenvalue weighted by molar-refractivity contribution is 6.24. The normalized spacial score (nSPS) is 15.9. The molecule has 0 fully saturated rings. The van der Waals surface area contributed by atoms with Gasteiger partial charge < -0.3 is 9.47 Å². The minimum Gasteiger partial charge on any atom is -0.482 e. The van der Waals surface area contributed by atoms with Crippen LogP contribution in [0.3, 0.4) is 0 Å². The van der Waals surface area contributed by atoms with Crippen molar-refractivity contribution in [1.29, 1.82) is 0 Å². The molecule has 0 saturated carbocycles. The van der Waals surface area contributed by atoms with Gasteiger partial charge in [-0.1, -0.05) is 39.0 Å². The molecule has 0 aromatic heterocycles. The summed E-state index contributed by atoms with van der Waals surface area (Å²) in [6.45, 7) is 7.49. The van der Waals surface area contributed by atoms with Gasteiger partial charge in [0.25, 0.3) is 0 Å². The lowest BCUT2D eigenvalue weighted by atomic mass is 9.83. The zero-order chi connectivity index (χ0) is 16.1. The number of esters is 1. The van der Waals surface area contributed by atoms with E-state index in [2.05, 4.69) is 0 Å². The van der Waals surface area contributed by atoms with Gasteiger partial charge in [-0.2, -0.15) is 0 Å². The van der Waals surface area contributed by atoms with E-state index < -0.39 is 16.9 Å². The maximum atomic E-state index is 12.0. The van der Waals surface area contributed by atoms with Gasteiger partial charge in [-0.25, -0.2) is 4.79 Å². The van der Waals surface area contributed by atoms with Crippen molar-refractivity contribution in [3.8, 4) is 5.75 Å². The van der Waals surface area contributed by atoms with Crippen molar-refractivity contribution in [2.24, 2.45) is 5.41 Å². The number of carbonyl (C=O) groups is 1. The molecule has 21 heavy (non-hydrogen) atoms. The van der Waals surface area contributed by atoms with Crippen molar-refractivity contribution in [2.75, 3.05) is 12.5 Å². The van der Waals surface area contributed by atoms with Gasteiger partial charge in [0.2, 0.25) is 0 Å². The first-order chi connectivity index (χ1) is 9.69. The van der Waals surface area contributed by atoms with Crippen LogP contribution in [0, 0.1) is 5.41 Å². The minimum absolute atomic E-state index is 0.121. The van der Waals surface area contributed by atoms with E-state index in [-0.39, 0.29) is 17.9 Å². The Kier molecular flexibility index (Phi) is 6.36. The Morgan fingerprint density at radius 2 is 1.76 bits per heavy atom. The molecule has 0 heterocycles. The van der Waals surface area contributed by atoms with Gasteiger partial charge in [0.15, 0.2) is 6.61 Å². The molecule has 0 amide bonds. The second-order valence-corrected chi connectivity index (χ2v) is 6.95. The fourth-order valence-electron chi connectivity index (χ4n) is 2.01. The predicted octanol–water partition coefficient (Wildman–Crippen LogP) is 4.26. The van der Waals surface area contributed by atoms with Gasteiger partial charge in [-0.3, -0.25) is 0 Å². The van der Waals surface area contributed by atoms with E-state index >= 15 is 0 Å². The number of rotatable bonds is 6. The Morgan fingerprint density at radius 1 is 1.19 bits per heavy atom. The number of ether oxygens (including phenoxy) is 2. The topological polar surface area (TPSA) is 35.5 Å². The van der Waals surface area contributed by atoms with Gasteiger partial charge in [0.1, 0.15) is 11.4 Å². The molecule has 118 valence electrons. The first kappa shape index (κ1) is 18.1. The zero-order valence-corrected chi connectivity index (χ0v) is 14.4. The third-order valence-electron chi connectivity index (χ3n) is 3.01. The van der Waals surface area contributed by atoms with Gasteiger partial charge in [0, 0.05) is 0 Å². The standard InChI is InChI=1S/C16H22Cl2O3/c1-15(2,3)14(18)16(4,11-17)21-13(19)10-20-12-8-6-5-7-9-12/h5-9,14H,10-11H2,1-4H3. The van der Waals surface area contributed by atoms with Crippen LogP contribution in [0.1, 0.15) is 27.7 Å². The number of carbonyl (C=O) groups excluding carboxylic acids is 1. The molecular formula is C16H22Cl2O3. The molecule has 0 N–H and O–H groups in total. The summed E-state index contributed by atoms with van der Waals surface area (Å²) in [6.07, 6.45) is 0. The van der Waals surface area contributed by atoms with Crippen LogP contribution in [0.5, 0.6) is 5.75 Å². The van der Waals surface area contributed by atoms with Crippen molar-refractivity contribution in [2.45, 2.75) is 38.7 Å². The van der Waals surface area contributed by atoms with Crippen molar-refractivity contribution in [1.82, 2.24) is 0 Å². The maximum Gasteiger partial charge on any atom is 0.344 e. The van der Waals surface area contributed by atoms with E-state index in [1.54, 1.807) is 19.1 Å². The Balaban J connectivity index is 2.62. The molecule has 0 aliphatic rings. The summed E-state index contributed by atoms with van der Waals surface area (Å²) in [5.41, 5.74) is -1.19. The molecule has 1 aromatic carbocycles. The largest absolute Gasteiger partial charge is 0.482 e. The van der Waals surface area contributed by atoms with Crippen LogP contribution < -0.4 is 4.74 Å². The van der Waals surface area contributed by atoms with Crippen LogP contribution in [0.15, 0.2) is 30.3 Å². The van der Waals surface area contributed by atoms with Gasteiger partial charge in [-0.05, 0) is 24.5 Å². The summed E-state index contributed by atoms with van der Waals surface area (Å²) in [5, 5.41) is -0.414. The zero-order valence-electron chi connectivity index (χ0n) is 12.9. The highest BCUT2D eigenvalue weighted by Crippen LogP contribution is 2.36. The minimum atomic E-state index is -0.946. The number of alkyl halides is 2. The summed E-state index contributed by atoms with van der Waals surface area (Å²) in [7, 11) is 0. The van der Waals surface area contributed by atoms with Gasteiger partial charge >= 0.3 is 5.97 Å². The lowest BCUT2D eigenvalue weighted by molar-refractivity contribution is -0.160. The van der Waals surface area contributed by atoms with Crippen LogP contribution in [0.25, 0.3) is 0 Å². The summed E-state index contributed by atoms with van der Waals surface area (Å²) in [5.74, 6) is 0.243. The third-order valence-corrected chi connectivity index (χ3v) is 4.66. The molecule has 0 aliphatic carbocycles. The average molecular weight is 333 g/mol. The molecule has 2 atom stereocenters.